The van der Waals surface area contributed by atoms with Gasteiger partial charge in [0.05, 0.1) is 0 Å². The highest BCUT2D eigenvalue weighted by Crippen LogP contribution is 2.25. The van der Waals surface area contributed by atoms with Crippen molar-refractivity contribution in [3.8, 4) is 0 Å². The van der Waals surface area contributed by atoms with Crippen LogP contribution in [-0.4, -0.2) is 23.1 Å². The molecule has 3 rings (SSSR count). The van der Waals surface area contributed by atoms with Crippen LogP contribution < -0.4 is 10.2 Å². The standard InChI is InChI=1S/C19H26N4/c1-14-8-7-11-23(13-14)19-12-18(21-16(3)22-19)20-15(2)17-9-5-4-6-10-17/h4-6,9-10,12,14-15H,7-8,11,13H2,1-3H3,(H,20,21,22). The number of aryl methyl sites for hydroxylation is 1. The summed E-state index contributed by atoms with van der Waals surface area (Å²) in [7, 11) is 0. The SMILES string of the molecule is Cc1nc(NC(C)c2ccccc2)cc(N2CCCC(C)C2)n1. The third-order valence-electron chi connectivity index (χ3n) is 4.47. The number of anilines is 2. The summed E-state index contributed by atoms with van der Waals surface area (Å²) in [5.74, 6) is 3.51. The smallest absolute Gasteiger partial charge is 0.134 e. The quantitative estimate of drug-likeness (QED) is 0.919. The van der Waals surface area contributed by atoms with Gasteiger partial charge in [0.1, 0.15) is 17.5 Å². The maximum absolute atomic E-state index is 4.65. The van der Waals surface area contributed by atoms with E-state index in [0.717, 1.165) is 36.5 Å². The summed E-state index contributed by atoms with van der Waals surface area (Å²) in [5, 5.41) is 3.51. The molecule has 23 heavy (non-hydrogen) atoms. The molecule has 2 atom stereocenters. The van der Waals surface area contributed by atoms with Crippen molar-refractivity contribution in [3.63, 3.8) is 0 Å². The predicted molar refractivity (Wildman–Crippen MR) is 95.9 cm³/mol. The van der Waals surface area contributed by atoms with Crippen LogP contribution in [0.1, 0.15) is 44.1 Å². The van der Waals surface area contributed by atoms with E-state index in [1.165, 1.54) is 18.4 Å². The third kappa shape index (κ3) is 4.01. The van der Waals surface area contributed by atoms with E-state index in [1.54, 1.807) is 0 Å². The van der Waals surface area contributed by atoms with Crippen LogP contribution in [0.3, 0.4) is 0 Å². The number of benzene rings is 1. The fourth-order valence-electron chi connectivity index (χ4n) is 3.23. The zero-order valence-corrected chi connectivity index (χ0v) is 14.3. The second-order valence-electron chi connectivity index (χ2n) is 6.63. The molecule has 0 saturated carbocycles. The first-order valence-electron chi connectivity index (χ1n) is 8.54. The van der Waals surface area contributed by atoms with Crippen molar-refractivity contribution >= 4 is 11.6 Å². The summed E-state index contributed by atoms with van der Waals surface area (Å²) in [4.78, 5) is 11.6. The zero-order valence-electron chi connectivity index (χ0n) is 14.3. The van der Waals surface area contributed by atoms with Gasteiger partial charge in [-0.05, 0) is 38.2 Å². The molecule has 0 spiro atoms. The Labute approximate surface area is 139 Å². The van der Waals surface area contributed by atoms with Gasteiger partial charge in [0, 0.05) is 25.2 Å². The molecule has 122 valence electrons. The highest BCUT2D eigenvalue weighted by atomic mass is 15.2. The topological polar surface area (TPSA) is 41.1 Å². The first kappa shape index (κ1) is 15.8. The molecule has 1 aliphatic heterocycles. The average Bonchev–Trinajstić information content (AvgIpc) is 2.55. The first-order chi connectivity index (χ1) is 11.1. The molecule has 0 aliphatic carbocycles. The summed E-state index contributed by atoms with van der Waals surface area (Å²) in [5.41, 5.74) is 1.26. The van der Waals surface area contributed by atoms with Crippen molar-refractivity contribution < 1.29 is 0 Å². The fourth-order valence-corrected chi connectivity index (χ4v) is 3.23. The maximum atomic E-state index is 4.65. The number of nitrogens with one attached hydrogen (secondary N) is 1. The Kier molecular flexibility index (Phi) is 4.79. The molecule has 0 amide bonds. The van der Waals surface area contributed by atoms with E-state index in [0.29, 0.717) is 0 Å². The number of nitrogens with zero attached hydrogens (tertiary/aromatic N) is 3. The van der Waals surface area contributed by atoms with Crippen molar-refractivity contribution in [2.45, 2.75) is 39.7 Å². The maximum Gasteiger partial charge on any atom is 0.134 e. The average molecular weight is 310 g/mol. The van der Waals surface area contributed by atoms with Gasteiger partial charge >= 0.3 is 0 Å². The van der Waals surface area contributed by atoms with Gasteiger partial charge in [0.2, 0.25) is 0 Å². The van der Waals surface area contributed by atoms with Crippen molar-refractivity contribution in [3.05, 3.63) is 47.8 Å². The Balaban J connectivity index is 1.77. The van der Waals surface area contributed by atoms with Crippen molar-refractivity contribution in [2.24, 2.45) is 5.92 Å². The Morgan fingerprint density at radius 2 is 2.00 bits per heavy atom. The van der Waals surface area contributed by atoms with Crippen LogP contribution in [-0.2, 0) is 0 Å². The third-order valence-corrected chi connectivity index (χ3v) is 4.47. The molecule has 0 radical (unpaired) electrons. The second kappa shape index (κ2) is 6.99. The Hall–Kier alpha value is -2.10. The number of hydrogen-bond acceptors (Lipinski definition) is 4. The van der Waals surface area contributed by atoms with Crippen LogP contribution in [0, 0.1) is 12.8 Å². The summed E-state index contributed by atoms with van der Waals surface area (Å²) < 4.78 is 0. The summed E-state index contributed by atoms with van der Waals surface area (Å²) in [6.45, 7) is 8.63. The van der Waals surface area contributed by atoms with Crippen LogP contribution in [0.25, 0.3) is 0 Å². The molecule has 0 bridgehead atoms. The lowest BCUT2D eigenvalue weighted by Gasteiger charge is -2.32. The fraction of sp³-hybridized carbons (Fsp3) is 0.474. The van der Waals surface area contributed by atoms with E-state index in [-0.39, 0.29) is 6.04 Å². The number of aromatic nitrogens is 2. The molecule has 4 heteroatoms. The van der Waals surface area contributed by atoms with Crippen molar-refractivity contribution in [1.29, 1.82) is 0 Å². The lowest BCUT2D eigenvalue weighted by molar-refractivity contribution is 0.444. The van der Waals surface area contributed by atoms with E-state index < -0.39 is 0 Å². The number of hydrogen-bond donors (Lipinski definition) is 1. The molecular weight excluding hydrogens is 284 g/mol. The van der Waals surface area contributed by atoms with Gasteiger partial charge in [-0.2, -0.15) is 0 Å². The lowest BCUT2D eigenvalue weighted by atomic mass is 10.0. The lowest BCUT2D eigenvalue weighted by Crippen LogP contribution is -2.35. The van der Waals surface area contributed by atoms with E-state index in [4.69, 9.17) is 0 Å². The molecule has 2 aromatic rings. The molecule has 2 heterocycles. The van der Waals surface area contributed by atoms with Gasteiger partial charge in [-0.1, -0.05) is 37.3 Å². The van der Waals surface area contributed by atoms with E-state index >= 15 is 0 Å². The molecular formula is C19H26N4. The molecule has 1 aliphatic rings. The van der Waals surface area contributed by atoms with Crippen LogP contribution in [0.2, 0.25) is 0 Å². The molecule has 1 fully saturated rings. The van der Waals surface area contributed by atoms with E-state index in [2.05, 4.69) is 64.4 Å². The van der Waals surface area contributed by atoms with Gasteiger partial charge in [0.15, 0.2) is 0 Å². The van der Waals surface area contributed by atoms with E-state index in [1.807, 2.05) is 13.0 Å². The monoisotopic (exact) mass is 310 g/mol. The first-order valence-corrected chi connectivity index (χ1v) is 8.54. The molecule has 2 unspecified atom stereocenters. The number of rotatable bonds is 4. The van der Waals surface area contributed by atoms with Crippen LogP contribution >= 0.6 is 0 Å². The highest BCUT2D eigenvalue weighted by Gasteiger charge is 2.19. The summed E-state index contributed by atoms with van der Waals surface area (Å²) in [6, 6.07) is 12.8. The van der Waals surface area contributed by atoms with Gasteiger partial charge < -0.3 is 10.2 Å². The summed E-state index contributed by atoms with van der Waals surface area (Å²) >= 11 is 0. The number of piperidine rings is 1. The molecule has 1 saturated heterocycles. The van der Waals surface area contributed by atoms with Crippen molar-refractivity contribution in [2.75, 3.05) is 23.3 Å². The molecule has 1 aromatic carbocycles. The van der Waals surface area contributed by atoms with Gasteiger partial charge in [0.25, 0.3) is 0 Å². The minimum atomic E-state index is 0.221. The van der Waals surface area contributed by atoms with Crippen molar-refractivity contribution in [1.82, 2.24) is 9.97 Å². The van der Waals surface area contributed by atoms with Crippen LogP contribution in [0.5, 0.6) is 0 Å². The Morgan fingerprint density at radius 3 is 2.74 bits per heavy atom. The Bertz CT molecular complexity index is 641. The predicted octanol–water partition coefficient (Wildman–Crippen LogP) is 4.19. The largest absolute Gasteiger partial charge is 0.363 e. The summed E-state index contributed by atoms with van der Waals surface area (Å²) in [6.07, 6.45) is 2.56. The normalized spacial score (nSPS) is 19.4. The van der Waals surface area contributed by atoms with Crippen LogP contribution in [0.4, 0.5) is 11.6 Å². The van der Waals surface area contributed by atoms with Crippen LogP contribution in [0.15, 0.2) is 36.4 Å². The van der Waals surface area contributed by atoms with E-state index in [9.17, 15) is 0 Å². The van der Waals surface area contributed by atoms with Gasteiger partial charge in [-0.3, -0.25) is 0 Å². The highest BCUT2D eigenvalue weighted by molar-refractivity contribution is 5.50. The minimum absolute atomic E-state index is 0.221. The molecule has 4 nitrogen and oxygen atoms in total. The zero-order chi connectivity index (χ0) is 16.2. The minimum Gasteiger partial charge on any atom is -0.363 e. The molecule has 1 N–H and O–H groups in total. The second-order valence-corrected chi connectivity index (χ2v) is 6.63. The Morgan fingerprint density at radius 1 is 1.22 bits per heavy atom. The van der Waals surface area contributed by atoms with Gasteiger partial charge in [-0.15, -0.1) is 0 Å². The van der Waals surface area contributed by atoms with Gasteiger partial charge in [-0.25, -0.2) is 9.97 Å². The molecule has 1 aromatic heterocycles.